The molecule has 0 unspecified atom stereocenters. The van der Waals surface area contributed by atoms with E-state index in [1.165, 1.54) is 22.9 Å². The van der Waals surface area contributed by atoms with Crippen LogP contribution in [-0.2, 0) is 20.1 Å². The number of hydrogen-bond acceptors (Lipinski definition) is 8. The van der Waals surface area contributed by atoms with Crippen LogP contribution in [-0.4, -0.2) is 59.8 Å². The van der Waals surface area contributed by atoms with E-state index in [9.17, 15) is 10.2 Å². The zero-order valence-corrected chi connectivity index (χ0v) is 28.4. The number of hydrogen-bond donors (Lipinski definition) is 2. The zero-order chi connectivity index (χ0) is 32.8. The molecule has 0 atom stereocenters. The van der Waals surface area contributed by atoms with E-state index in [1.54, 1.807) is 31.3 Å². The Bertz CT molecular complexity index is 1470. The number of nitrogens with zero attached hydrogens (tertiary/aromatic N) is 1. The largest absolute Gasteiger partial charge is 0.636 e. The van der Waals surface area contributed by atoms with Crippen LogP contribution in [0.5, 0.6) is 11.5 Å². The van der Waals surface area contributed by atoms with Crippen molar-refractivity contribution in [3.63, 3.8) is 0 Å². The summed E-state index contributed by atoms with van der Waals surface area (Å²) in [6.07, 6.45) is 7.95. The van der Waals surface area contributed by atoms with Crippen molar-refractivity contribution in [1.29, 1.82) is 0 Å². The normalized spacial score (nSPS) is 15.6. The Morgan fingerprint density at radius 1 is 0.822 bits per heavy atom. The standard InChI is InChI=1S/C35H46BNO7S/c1-25-19-31(40-17-10-18-42-45(7,8)35(3,4)5)20-26(2)34(25)28-12-9-11-27(21-28)24-41-30-15-13-29(14-16-30)36-43-32(38)22-37(6)23-33(39)44-36/h9,11-16,19-23,38-39H,10,17-18,24H2,1-8H3/b32-22-,33-23?. The summed E-state index contributed by atoms with van der Waals surface area (Å²) >= 11 is 0. The maximum Gasteiger partial charge on any atom is 0.636 e. The van der Waals surface area contributed by atoms with E-state index in [1.807, 2.05) is 12.1 Å². The van der Waals surface area contributed by atoms with Gasteiger partial charge in [-0.2, -0.15) is 0 Å². The van der Waals surface area contributed by atoms with Gasteiger partial charge in [0.15, 0.2) is 0 Å². The maximum atomic E-state index is 9.99. The topological polar surface area (TPSA) is 89.9 Å². The van der Waals surface area contributed by atoms with Crippen molar-refractivity contribution < 1.29 is 33.2 Å². The molecule has 0 aliphatic carbocycles. The van der Waals surface area contributed by atoms with Gasteiger partial charge < -0.3 is 38.1 Å². The summed E-state index contributed by atoms with van der Waals surface area (Å²) in [5.74, 6) is 0.874. The maximum absolute atomic E-state index is 9.99. The van der Waals surface area contributed by atoms with Crippen LogP contribution in [0.3, 0.4) is 0 Å². The zero-order valence-electron chi connectivity index (χ0n) is 27.6. The smallest absolute Gasteiger partial charge is 0.494 e. The molecule has 2 N–H and O–H groups in total. The van der Waals surface area contributed by atoms with Crippen molar-refractivity contribution >= 4 is 22.9 Å². The molecule has 3 aromatic carbocycles. The minimum Gasteiger partial charge on any atom is -0.494 e. The van der Waals surface area contributed by atoms with Gasteiger partial charge in [-0.25, -0.2) is 0 Å². The van der Waals surface area contributed by atoms with Gasteiger partial charge in [0.2, 0.25) is 0 Å². The molecule has 4 rings (SSSR count). The summed E-state index contributed by atoms with van der Waals surface area (Å²) in [7, 11) is -0.507. The van der Waals surface area contributed by atoms with Crippen LogP contribution >= 0.6 is 10.3 Å². The molecule has 0 amide bonds. The molecule has 1 aliphatic rings. The van der Waals surface area contributed by atoms with E-state index >= 15 is 0 Å². The highest BCUT2D eigenvalue weighted by Crippen LogP contribution is 2.53. The third kappa shape index (κ3) is 9.31. The van der Waals surface area contributed by atoms with Crippen molar-refractivity contribution in [3.8, 4) is 22.6 Å². The quantitative estimate of drug-likeness (QED) is 0.165. The van der Waals surface area contributed by atoms with Crippen LogP contribution in [0.2, 0.25) is 0 Å². The van der Waals surface area contributed by atoms with Crippen molar-refractivity contribution in [2.24, 2.45) is 0 Å². The first-order chi connectivity index (χ1) is 21.2. The van der Waals surface area contributed by atoms with Gasteiger partial charge in [-0.05, 0) is 84.5 Å². The van der Waals surface area contributed by atoms with E-state index in [0.717, 1.165) is 34.4 Å². The molecule has 0 spiro atoms. The molecule has 45 heavy (non-hydrogen) atoms. The Labute approximate surface area is 269 Å². The lowest BCUT2D eigenvalue weighted by molar-refractivity contribution is 0.124. The summed E-state index contributed by atoms with van der Waals surface area (Å²) < 4.78 is 29.4. The molecule has 0 fully saturated rings. The van der Waals surface area contributed by atoms with Gasteiger partial charge in [-0.15, -0.1) is 10.3 Å². The fourth-order valence-electron chi connectivity index (χ4n) is 4.69. The molecular weight excluding hydrogens is 589 g/mol. The molecule has 3 aromatic rings. The summed E-state index contributed by atoms with van der Waals surface area (Å²) in [4.78, 5) is 1.42. The Balaban J connectivity index is 1.34. The number of aliphatic hydroxyl groups is 2. The van der Waals surface area contributed by atoms with Gasteiger partial charge >= 0.3 is 7.12 Å². The molecule has 10 heteroatoms. The molecule has 0 saturated carbocycles. The predicted molar refractivity (Wildman–Crippen MR) is 184 cm³/mol. The van der Waals surface area contributed by atoms with Gasteiger partial charge in [0, 0.05) is 23.7 Å². The Hall–Kier alpha value is -3.89. The molecule has 0 bridgehead atoms. The van der Waals surface area contributed by atoms with Crippen LogP contribution in [0.1, 0.15) is 43.9 Å². The van der Waals surface area contributed by atoms with E-state index in [0.29, 0.717) is 31.0 Å². The number of aryl methyl sites for hydroxylation is 2. The minimum atomic E-state index is -1.12. The Kier molecular flexibility index (Phi) is 10.9. The second-order valence-electron chi connectivity index (χ2n) is 12.5. The average molecular weight is 636 g/mol. The van der Waals surface area contributed by atoms with Crippen LogP contribution in [0, 0.1) is 13.8 Å². The van der Waals surface area contributed by atoms with Gasteiger partial charge in [0.05, 0.1) is 25.6 Å². The molecule has 1 aliphatic heterocycles. The second-order valence-corrected chi connectivity index (χ2v) is 16.5. The van der Waals surface area contributed by atoms with Gasteiger partial charge in [-0.1, -0.05) is 51.1 Å². The van der Waals surface area contributed by atoms with Crippen LogP contribution in [0.15, 0.2) is 85.0 Å². The molecular formula is C35H46BNO7S. The highest BCUT2D eigenvalue weighted by Gasteiger charge is 2.30. The Morgan fingerprint density at radius 3 is 2.04 bits per heavy atom. The summed E-state index contributed by atoms with van der Waals surface area (Å²) in [5, 5.41) is 20.0. The van der Waals surface area contributed by atoms with E-state index in [2.05, 4.69) is 71.4 Å². The summed E-state index contributed by atoms with van der Waals surface area (Å²) in [6.45, 7) is 12.6. The third-order valence-corrected chi connectivity index (χ3v) is 11.5. The third-order valence-electron chi connectivity index (χ3n) is 7.77. The first kappa shape index (κ1) is 34.0. The van der Waals surface area contributed by atoms with Gasteiger partial charge in [0.1, 0.15) is 18.1 Å². The van der Waals surface area contributed by atoms with Crippen molar-refractivity contribution in [2.75, 3.05) is 32.8 Å². The summed E-state index contributed by atoms with van der Waals surface area (Å²) in [6, 6.07) is 19.7. The summed E-state index contributed by atoms with van der Waals surface area (Å²) in [5.41, 5.74) is 6.26. The lowest BCUT2D eigenvalue weighted by Gasteiger charge is -2.43. The second kappa shape index (κ2) is 14.5. The number of benzene rings is 3. The van der Waals surface area contributed by atoms with Crippen LogP contribution in [0.25, 0.3) is 11.1 Å². The van der Waals surface area contributed by atoms with Crippen LogP contribution < -0.4 is 14.9 Å². The van der Waals surface area contributed by atoms with E-state index < -0.39 is 17.4 Å². The van der Waals surface area contributed by atoms with E-state index in [4.69, 9.17) is 23.0 Å². The van der Waals surface area contributed by atoms with Crippen molar-refractivity contribution in [3.05, 3.63) is 102 Å². The van der Waals surface area contributed by atoms with E-state index in [-0.39, 0.29) is 16.6 Å². The highest BCUT2D eigenvalue weighted by atomic mass is 32.3. The Morgan fingerprint density at radius 2 is 1.44 bits per heavy atom. The monoisotopic (exact) mass is 635 g/mol. The lowest BCUT2D eigenvalue weighted by Crippen LogP contribution is -2.37. The molecule has 0 aromatic heterocycles. The lowest BCUT2D eigenvalue weighted by atomic mass is 9.79. The number of rotatable bonds is 11. The first-order valence-corrected chi connectivity index (χ1v) is 17.4. The average Bonchev–Trinajstić information content (AvgIpc) is 2.94. The minimum absolute atomic E-state index is 0.152. The molecule has 1 heterocycles. The van der Waals surface area contributed by atoms with Gasteiger partial charge in [0.25, 0.3) is 11.9 Å². The highest BCUT2D eigenvalue weighted by molar-refractivity contribution is 8.29. The first-order valence-electron chi connectivity index (χ1n) is 15.0. The molecule has 0 radical (unpaired) electrons. The number of aliphatic hydroxyl groups excluding tert-OH is 2. The molecule has 242 valence electrons. The number of ether oxygens (including phenoxy) is 2. The fourth-order valence-corrected chi connectivity index (χ4v) is 5.57. The van der Waals surface area contributed by atoms with Crippen molar-refractivity contribution in [2.45, 2.75) is 52.4 Å². The molecule has 8 nitrogen and oxygen atoms in total. The van der Waals surface area contributed by atoms with Gasteiger partial charge in [-0.3, -0.25) is 0 Å². The predicted octanol–water partition coefficient (Wildman–Crippen LogP) is 7.50. The van der Waals surface area contributed by atoms with Crippen LogP contribution in [0.4, 0.5) is 0 Å². The molecule has 0 saturated heterocycles. The fraction of sp³-hybridized carbons (Fsp3) is 0.371. The van der Waals surface area contributed by atoms with Crippen molar-refractivity contribution in [1.82, 2.24) is 4.90 Å². The SMILES string of the molecule is Cc1cc(OCCCOS(C)(C)C(C)(C)C)cc(C)c1-c1cccc(COc2ccc(B3OC(O)=CN(C)/C=C(/O)O3)cc2)c1.